The first kappa shape index (κ1) is 20.1. The van der Waals surface area contributed by atoms with Gasteiger partial charge in [0.2, 0.25) is 0 Å². The highest BCUT2D eigenvalue weighted by molar-refractivity contribution is 6.06. The number of rotatable bonds is 8. The second-order valence-electron chi connectivity index (χ2n) is 5.57. The third-order valence-corrected chi connectivity index (χ3v) is 3.82. The molecule has 0 aliphatic rings. The van der Waals surface area contributed by atoms with Crippen LogP contribution < -0.4 is 0 Å². The molecule has 2 rings (SSSR count). The number of esters is 2. The molecule has 27 heavy (non-hydrogen) atoms. The number of hydrogen-bond acceptors (Lipinski definition) is 7. The third kappa shape index (κ3) is 5.11. The number of ether oxygens (including phenoxy) is 3. The number of benzene rings is 2. The first-order valence-electron chi connectivity index (χ1n) is 8.07. The van der Waals surface area contributed by atoms with Crippen LogP contribution in [0.1, 0.15) is 31.8 Å². The second kappa shape index (κ2) is 9.44. The fourth-order valence-corrected chi connectivity index (χ4v) is 2.52. The number of nitro groups is 1. The lowest BCUT2D eigenvalue weighted by Crippen LogP contribution is -2.15. The Bertz CT molecular complexity index is 833. The standard InChI is InChI=1S/C19H19NO7/c1-25-18(21)15-10-14(8-9-27-12-13-6-4-3-5-7-13)11-16(20(23)24)17(15)19(22)26-2/h3-7,10-11H,8-9,12H2,1-2H3. The van der Waals surface area contributed by atoms with Crippen molar-refractivity contribution in [3.63, 3.8) is 0 Å². The fourth-order valence-electron chi connectivity index (χ4n) is 2.52. The van der Waals surface area contributed by atoms with Gasteiger partial charge in [-0.3, -0.25) is 10.1 Å². The Balaban J connectivity index is 2.23. The minimum absolute atomic E-state index is 0.211. The maximum atomic E-state index is 12.0. The number of nitro benzene ring substituents is 1. The predicted octanol–water partition coefficient (Wildman–Crippen LogP) is 2.93. The Kier molecular flexibility index (Phi) is 7.01. The molecule has 2 aromatic rings. The highest BCUT2D eigenvalue weighted by Gasteiger charge is 2.29. The minimum atomic E-state index is -0.978. The van der Waals surface area contributed by atoms with Crippen molar-refractivity contribution in [2.45, 2.75) is 13.0 Å². The zero-order valence-corrected chi connectivity index (χ0v) is 15.0. The highest BCUT2D eigenvalue weighted by atomic mass is 16.6. The summed E-state index contributed by atoms with van der Waals surface area (Å²) >= 11 is 0. The highest BCUT2D eigenvalue weighted by Crippen LogP contribution is 2.27. The predicted molar refractivity (Wildman–Crippen MR) is 95.6 cm³/mol. The molecule has 8 heteroatoms. The Hall–Kier alpha value is -3.26. The third-order valence-electron chi connectivity index (χ3n) is 3.82. The molecule has 0 radical (unpaired) electrons. The Morgan fingerprint density at radius 2 is 1.67 bits per heavy atom. The number of carbonyl (C=O) groups is 2. The van der Waals surface area contributed by atoms with Crippen molar-refractivity contribution >= 4 is 17.6 Å². The Morgan fingerprint density at radius 1 is 1.00 bits per heavy atom. The molecule has 8 nitrogen and oxygen atoms in total. The average molecular weight is 373 g/mol. The molecule has 0 amide bonds. The van der Waals surface area contributed by atoms with Crippen LogP contribution in [0, 0.1) is 10.1 Å². The van der Waals surface area contributed by atoms with E-state index in [0.717, 1.165) is 19.8 Å². The first-order valence-corrected chi connectivity index (χ1v) is 8.07. The van der Waals surface area contributed by atoms with Crippen molar-refractivity contribution in [2.24, 2.45) is 0 Å². The lowest BCUT2D eigenvalue weighted by Gasteiger charge is -2.10. The lowest BCUT2D eigenvalue weighted by molar-refractivity contribution is -0.385. The van der Waals surface area contributed by atoms with Gasteiger partial charge in [0, 0.05) is 6.07 Å². The normalized spacial score (nSPS) is 10.3. The van der Waals surface area contributed by atoms with Gasteiger partial charge in [0.25, 0.3) is 5.69 Å². The van der Waals surface area contributed by atoms with E-state index in [2.05, 4.69) is 9.47 Å². The summed E-state index contributed by atoms with van der Waals surface area (Å²) in [6.45, 7) is 0.678. The summed E-state index contributed by atoms with van der Waals surface area (Å²) in [5.74, 6) is -1.83. The molecule has 142 valence electrons. The molecular formula is C19H19NO7. The van der Waals surface area contributed by atoms with Crippen LogP contribution in [-0.4, -0.2) is 37.7 Å². The molecule has 0 fully saturated rings. The van der Waals surface area contributed by atoms with Gasteiger partial charge in [0.1, 0.15) is 0 Å². The maximum Gasteiger partial charge on any atom is 0.345 e. The topological polar surface area (TPSA) is 105 Å². The van der Waals surface area contributed by atoms with Crippen LogP contribution in [-0.2, 0) is 27.2 Å². The molecule has 0 aliphatic heterocycles. The summed E-state index contributed by atoms with van der Waals surface area (Å²) in [5, 5.41) is 11.4. The SMILES string of the molecule is COC(=O)c1cc(CCOCc2ccccc2)cc([N+](=O)[O-])c1C(=O)OC. The quantitative estimate of drug-likeness (QED) is 0.303. The Labute approximate surface area is 155 Å². The van der Waals surface area contributed by atoms with E-state index in [1.165, 1.54) is 12.1 Å². The van der Waals surface area contributed by atoms with Crippen molar-refractivity contribution in [1.82, 2.24) is 0 Å². The second-order valence-corrected chi connectivity index (χ2v) is 5.57. The molecule has 0 unspecified atom stereocenters. The molecule has 0 N–H and O–H groups in total. The molecule has 0 bridgehead atoms. The van der Waals surface area contributed by atoms with Crippen LogP contribution in [0.2, 0.25) is 0 Å². The average Bonchev–Trinajstić information content (AvgIpc) is 2.70. The van der Waals surface area contributed by atoms with Crippen LogP contribution in [0.5, 0.6) is 0 Å². The molecule has 0 saturated carbocycles. The van der Waals surface area contributed by atoms with Crippen molar-refractivity contribution in [1.29, 1.82) is 0 Å². The van der Waals surface area contributed by atoms with Gasteiger partial charge in [-0.15, -0.1) is 0 Å². The van der Waals surface area contributed by atoms with E-state index in [-0.39, 0.29) is 12.2 Å². The molecule has 0 atom stereocenters. The van der Waals surface area contributed by atoms with Crippen LogP contribution in [0.4, 0.5) is 5.69 Å². The summed E-state index contributed by atoms with van der Waals surface area (Å²) in [4.78, 5) is 34.6. The van der Waals surface area contributed by atoms with Crippen LogP contribution in [0.15, 0.2) is 42.5 Å². The molecule has 2 aromatic carbocycles. The molecule has 0 saturated heterocycles. The summed E-state index contributed by atoms with van der Waals surface area (Å²) in [7, 11) is 2.21. The largest absolute Gasteiger partial charge is 0.465 e. The van der Waals surface area contributed by atoms with Gasteiger partial charge >= 0.3 is 11.9 Å². The Morgan fingerprint density at radius 3 is 2.26 bits per heavy atom. The van der Waals surface area contributed by atoms with Gasteiger partial charge in [-0.1, -0.05) is 30.3 Å². The zero-order chi connectivity index (χ0) is 19.8. The van der Waals surface area contributed by atoms with E-state index in [4.69, 9.17) is 4.74 Å². The smallest absolute Gasteiger partial charge is 0.345 e. The van der Waals surface area contributed by atoms with Crippen molar-refractivity contribution in [2.75, 3.05) is 20.8 Å². The van der Waals surface area contributed by atoms with E-state index >= 15 is 0 Å². The maximum absolute atomic E-state index is 12.0. The van der Waals surface area contributed by atoms with Crippen LogP contribution in [0.3, 0.4) is 0 Å². The van der Waals surface area contributed by atoms with E-state index in [1.54, 1.807) is 0 Å². The van der Waals surface area contributed by atoms with Crippen molar-refractivity contribution in [3.05, 3.63) is 74.8 Å². The van der Waals surface area contributed by atoms with Gasteiger partial charge in [-0.05, 0) is 23.6 Å². The number of methoxy groups -OCH3 is 2. The molecule has 0 aromatic heterocycles. The number of carbonyl (C=O) groups excluding carboxylic acids is 2. The molecular weight excluding hydrogens is 354 g/mol. The van der Waals surface area contributed by atoms with Gasteiger partial charge in [-0.25, -0.2) is 9.59 Å². The van der Waals surface area contributed by atoms with Crippen molar-refractivity contribution < 1.29 is 28.7 Å². The summed E-state index contributed by atoms with van der Waals surface area (Å²) < 4.78 is 14.8. The van der Waals surface area contributed by atoms with Gasteiger partial charge in [0.15, 0.2) is 5.56 Å². The van der Waals surface area contributed by atoms with Crippen LogP contribution in [0.25, 0.3) is 0 Å². The summed E-state index contributed by atoms with van der Waals surface area (Å²) in [5.41, 5.74) is 0.324. The van der Waals surface area contributed by atoms with Gasteiger partial charge < -0.3 is 14.2 Å². The number of nitrogens with zero attached hydrogens (tertiary/aromatic N) is 1. The summed E-state index contributed by atoms with van der Waals surface area (Å²) in [6, 6.07) is 12.2. The van der Waals surface area contributed by atoms with Crippen molar-refractivity contribution in [3.8, 4) is 0 Å². The number of hydrogen-bond donors (Lipinski definition) is 0. The minimum Gasteiger partial charge on any atom is -0.465 e. The van der Waals surface area contributed by atoms with Gasteiger partial charge in [0.05, 0.1) is 37.9 Å². The van der Waals surface area contributed by atoms with E-state index in [0.29, 0.717) is 18.6 Å². The fraction of sp³-hybridized carbons (Fsp3) is 0.263. The van der Waals surface area contributed by atoms with E-state index in [9.17, 15) is 19.7 Å². The van der Waals surface area contributed by atoms with Crippen LogP contribution >= 0.6 is 0 Å². The zero-order valence-electron chi connectivity index (χ0n) is 15.0. The van der Waals surface area contributed by atoms with E-state index in [1.807, 2.05) is 30.3 Å². The van der Waals surface area contributed by atoms with E-state index < -0.39 is 28.1 Å². The summed E-state index contributed by atoms with van der Waals surface area (Å²) in [6.07, 6.45) is 0.319. The van der Waals surface area contributed by atoms with Gasteiger partial charge in [-0.2, -0.15) is 0 Å². The first-order chi connectivity index (χ1) is 13.0. The molecule has 0 heterocycles. The molecule has 0 spiro atoms. The molecule has 0 aliphatic carbocycles. The monoisotopic (exact) mass is 373 g/mol. The lowest BCUT2D eigenvalue weighted by atomic mass is 10.00.